The molecule has 0 radical (unpaired) electrons. The second-order valence-electron chi connectivity index (χ2n) is 4.86. The molecule has 1 aromatic heterocycles. The molecular formula is C14H17FN4OS2. The lowest BCUT2D eigenvalue weighted by Gasteiger charge is -2.06. The summed E-state index contributed by atoms with van der Waals surface area (Å²) in [6.45, 7) is 4.39. The van der Waals surface area contributed by atoms with E-state index in [1.165, 1.54) is 35.2 Å². The van der Waals surface area contributed by atoms with E-state index in [4.69, 9.17) is 0 Å². The second kappa shape index (κ2) is 8.09. The van der Waals surface area contributed by atoms with Crippen LogP contribution >= 0.6 is 23.1 Å². The predicted molar refractivity (Wildman–Crippen MR) is 87.6 cm³/mol. The third-order valence-corrected chi connectivity index (χ3v) is 4.55. The quantitative estimate of drug-likeness (QED) is 0.759. The van der Waals surface area contributed by atoms with Gasteiger partial charge in [-0.25, -0.2) is 4.39 Å². The van der Waals surface area contributed by atoms with Crippen molar-refractivity contribution in [2.24, 2.45) is 0 Å². The van der Waals surface area contributed by atoms with E-state index in [2.05, 4.69) is 20.8 Å². The van der Waals surface area contributed by atoms with Crippen LogP contribution in [0, 0.1) is 5.82 Å². The molecule has 2 N–H and O–H groups in total. The number of hydrogen-bond donors (Lipinski definition) is 2. The molecule has 0 aliphatic carbocycles. The normalized spacial score (nSPS) is 10.7. The Balaban J connectivity index is 1.78. The van der Waals surface area contributed by atoms with Gasteiger partial charge in [-0.05, 0) is 31.5 Å². The third kappa shape index (κ3) is 5.61. The highest BCUT2D eigenvalue weighted by Crippen LogP contribution is 2.25. The summed E-state index contributed by atoms with van der Waals surface area (Å²) in [5.41, 5.74) is 0.960. The molecule has 22 heavy (non-hydrogen) atoms. The van der Waals surface area contributed by atoms with E-state index in [0.717, 1.165) is 9.90 Å². The minimum atomic E-state index is -0.252. The third-order valence-electron chi connectivity index (χ3n) is 2.54. The van der Waals surface area contributed by atoms with Crippen LogP contribution in [0.5, 0.6) is 0 Å². The Morgan fingerprint density at radius 1 is 1.32 bits per heavy atom. The monoisotopic (exact) mass is 340 g/mol. The number of amides is 1. The maximum Gasteiger partial charge on any atom is 0.230 e. The number of nitrogens with zero attached hydrogens (tertiary/aromatic N) is 2. The summed E-state index contributed by atoms with van der Waals surface area (Å²) >= 11 is 2.75. The fraction of sp³-hybridized carbons (Fsp3) is 0.357. The van der Waals surface area contributed by atoms with Crippen molar-refractivity contribution in [3.63, 3.8) is 0 Å². The van der Waals surface area contributed by atoms with Gasteiger partial charge in [-0.1, -0.05) is 35.2 Å². The average Bonchev–Trinajstić information content (AvgIpc) is 2.92. The van der Waals surface area contributed by atoms with Gasteiger partial charge in [-0.3, -0.25) is 4.79 Å². The topological polar surface area (TPSA) is 66.9 Å². The predicted octanol–water partition coefficient (Wildman–Crippen LogP) is 2.91. The van der Waals surface area contributed by atoms with Crippen LogP contribution in [-0.4, -0.2) is 27.9 Å². The Morgan fingerprint density at radius 3 is 2.73 bits per heavy atom. The van der Waals surface area contributed by atoms with Gasteiger partial charge in [-0.15, -0.1) is 10.2 Å². The fourth-order valence-electron chi connectivity index (χ4n) is 1.61. The molecule has 2 rings (SSSR count). The molecule has 1 heterocycles. The highest BCUT2D eigenvalue weighted by molar-refractivity contribution is 8.01. The van der Waals surface area contributed by atoms with E-state index in [-0.39, 0.29) is 17.8 Å². The molecule has 0 saturated heterocycles. The van der Waals surface area contributed by atoms with Gasteiger partial charge in [0, 0.05) is 12.6 Å². The molecule has 0 spiro atoms. The van der Waals surface area contributed by atoms with E-state index in [1.807, 2.05) is 13.8 Å². The van der Waals surface area contributed by atoms with E-state index in [9.17, 15) is 9.18 Å². The Morgan fingerprint density at radius 2 is 2.05 bits per heavy atom. The summed E-state index contributed by atoms with van der Waals surface area (Å²) in [5, 5.41) is 14.7. The average molecular weight is 340 g/mol. The van der Waals surface area contributed by atoms with Crippen LogP contribution in [0.15, 0.2) is 28.6 Å². The molecule has 0 bridgehead atoms. The van der Waals surface area contributed by atoms with Crippen LogP contribution < -0.4 is 10.6 Å². The molecular weight excluding hydrogens is 323 g/mol. The number of anilines is 1. The molecule has 5 nitrogen and oxygen atoms in total. The van der Waals surface area contributed by atoms with Gasteiger partial charge in [0.05, 0.1) is 5.75 Å². The lowest BCUT2D eigenvalue weighted by molar-refractivity contribution is -0.119. The first kappa shape index (κ1) is 16.7. The van der Waals surface area contributed by atoms with Crippen LogP contribution in [-0.2, 0) is 11.3 Å². The minimum absolute atomic E-state index is 0.0176. The van der Waals surface area contributed by atoms with Gasteiger partial charge in [0.15, 0.2) is 4.34 Å². The summed E-state index contributed by atoms with van der Waals surface area (Å²) in [6.07, 6.45) is 0. The van der Waals surface area contributed by atoms with E-state index in [0.29, 0.717) is 17.4 Å². The zero-order valence-electron chi connectivity index (χ0n) is 12.3. The number of carbonyl (C=O) groups excluding carboxylic acids is 1. The molecule has 0 unspecified atom stereocenters. The number of thioether (sulfide) groups is 1. The number of aromatic nitrogens is 2. The van der Waals surface area contributed by atoms with Gasteiger partial charge in [-0.2, -0.15) is 0 Å². The van der Waals surface area contributed by atoms with Crippen molar-refractivity contribution in [1.29, 1.82) is 0 Å². The number of carbonyl (C=O) groups is 1. The molecule has 1 aromatic carbocycles. The first-order chi connectivity index (χ1) is 10.5. The van der Waals surface area contributed by atoms with Gasteiger partial charge in [0.1, 0.15) is 5.82 Å². The van der Waals surface area contributed by atoms with Gasteiger partial charge < -0.3 is 10.6 Å². The summed E-state index contributed by atoms with van der Waals surface area (Å²) in [7, 11) is 0. The molecule has 0 aliphatic heterocycles. The maximum absolute atomic E-state index is 12.8. The zero-order chi connectivity index (χ0) is 15.9. The molecule has 0 aliphatic rings. The molecule has 0 saturated carbocycles. The van der Waals surface area contributed by atoms with Crippen LogP contribution in [0.3, 0.4) is 0 Å². The SMILES string of the molecule is CC(C)NC(=O)CSc1nnc(NCc2ccc(F)cc2)s1. The first-order valence-corrected chi connectivity index (χ1v) is 8.57. The Kier molecular flexibility index (Phi) is 6.14. The number of rotatable bonds is 7. The zero-order valence-corrected chi connectivity index (χ0v) is 13.9. The standard InChI is InChI=1S/C14H17FN4OS2/c1-9(2)17-12(20)8-21-14-19-18-13(22-14)16-7-10-3-5-11(15)6-4-10/h3-6,9H,7-8H2,1-2H3,(H,16,18)(H,17,20). The number of benzene rings is 1. The molecule has 2 aromatic rings. The van der Waals surface area contributed by atoms with Gasteiger partial charge in [0.25, 0.3) is 0 Å². The van der Waals surface area contributed by atoms with Crippen molar-refractivity contribution in [1.82, 2.24) is 15.5 Å². The summed E-state index contributed by atoms with van der Waals surface area (Å²) in [6, 6.07) is 6.41. The van der Waals surface area contributed by atoms with E-state index < -0.39 is 0 Å². The maximum atomic E-state index is 12.8. The molecule has 8 heteroatoms. The lowest BCUT2D eigenvalue weighted by Crippen LogP contribution is -2.31. The molecule has 0 atom stereocenters. The molecule has 118 valence electrons. The van der Waals surface area contributed by atoms with Crippen LogP contribution in [0.1, 0.15) is 19.4 Å². The van der Waals surface area contributed by atoms with Crippen LogP contribution in [0.25, 0.3) is 0 Å². The number of hydrogen-bond acceptors (Lipinski definition) is 6. The summed E-state index contributed by atoms with van der Waals surface area (Å²) in [5.74, 6) is 0.0548. The fourth-order valence-corrected chi connectivity index (χ4v) is 3.17. The van der Waals surface area contributed by atoms with Gasteiger partial charge >= 0.3 is 0 Å². The second-order valence-corrected chi connectivity index (χ2v) is 7.06. The summed E-state index contributed by atoms with van der Waals surface area (Å²) in [4.78, 5) is 11.6. The molecule has 1 amide bonds. The Hall–Kier alpha value is -1.67. The minimum Gasteiger partial charge on any atom is -0.356 e. The van der Waals surface area contributed by atoms with Crippen molar-refractivity contribution >= 4 is 34.1 Å². The Bertz CT molecular complexity index is 616. The van der Waals surface area contributed by atoms with Crippen molar-refractivity contribution in [2.75, 3.05) is 11.1 Å². The van der Waals surface area contributed by atoms with Crippen molar-refractivity contribution in [2.45, 2.75) is 30.8 Å². The highest BCUT2D eigenvalue weighted by atomic mass is 32.2. The molecule has 0 fully saturated rings. The highest BCUT2D eigenvalue weighted by Gasteiger charge is 2.08. The number of halogens is 1. The van der Waals surface area contributed by atoms with Crippen molar-refractivity contribution in [3.8, 4) is 0 Å². The van der Waals surface area contributed by atoms with Crippen LogP contribution in [0.2, 0.25) is 0 Å². The van der Waals surface area contributed by atoms with Crippen molar-refractivity contribution in [3.05, 3.63) is 35.6 Å². The Labute approximate surface area is 136 Å². The lowest BCUT2D eigenvalue weighted by atomic mass is 10.2. The van der Waals surface area contributed by atoms with E-state index >= 15 is 0 Å². The first-order valence-electron chi connectivity index (χ1n) is 6.77. The van der Waals surface area contributed by atoms with Crippen LogP contribution in [0.4, 0.5) is 9.52 Å². The van der Waals surface area contributed by atoms with E-state index in [1.54, 1.807) is 12.1 Å². The van der Waals surface area contributed by atoms with Gasteiger partial charge in [0.2, 0.25) is 11.0 Å². The number of nitrogens with one attached hydrogen (secondary N) is 2. The smallest absolute Gasteiger partial charge is 0.230 e. The van der Waals surface area contributed by atoms with Crippen molar-refractivity contribution < 1.29 is 9.18 Å². The largest absolute Gasteiger partial charge is 0.356 e. The summed E-state index contributed by atoms with van der Waals surface area (Å²) < 4.78 is 13.5.